The molecule has 3 aromatic carbocycles. The van der Waals surface area contributed by atoms with Crippen LogP contribution in [0.25, 0.3) is 0 Å². The van der Waals surface area contributed by atoms with E-state index in [4.69, 9.17) is 9.47 Å². The van der Waals surface area contributed by atoms with E-state index in [9.17, 15) is 17.6 Å². The van der Waals surface area contributed by atoms with Crippen molar-refractivity contribution in [2.24, 2.45) is 0 Å². The second-order valence-electron chi connectivity index (χ2n) is 8.50. The molecular weight excluding hydrogens is 459 g/mol. The van der Waals surface area contributed by atoms with Gasteiger partial charge in [-0.2, -0.15) is 0 Å². The maximum atomic E-state index is 13.9. The summed E-state index contributed by atoms with van der Waals surface area (Å²) in [5, 5.41) is 2.80. The van der Waals surface area contributed by atoms with Gasteiger partial charge < -0.3 is 14.8 Å². The van der Waals surface area contributed by atoms with Crippen LogP contribution in [0.5, 0.6) is 11.5 Å². The Balaban J connectivity index is 1.36. The fraction of sp³-hybridized carbons (Fsp3) is 0.240. The van der Waals surface area contributed by atoms with E-state index >= 15 is 0 Å². The van der Waals surface area contributed by atoms with Gasteiger partial charge in [-0.25, -0.2) is 12.8 Å². The Kier molecular flexibility index (Phi) is 5.44. The van der Waals surface area contributed by atoms with E-state index in [0.717, 1.165) is 31.7 Å². The molecule has 0 aromatic heterocycles. The molecule has 0 bridgehead atoms. The van der Waals surface area contributed by atoms with E-state index in [0.29, 0.717) is 22.7 Å². The molecule has 1 fully saturated rings. The van der Waals surface area contributed by atoms with Crippen LogP contribution in [0.2, 0.25) is 0 Å². The molecule has 9 heteroatoms. The summed E-state index contributed by atoms with van der Waals surface area (Å²) in [6.07, 6.45) is 3.74. The zero-order valence-electron chi connectivity index (χ0n) is 18.4. The van der Waals surface area contributed by atoms with Crippen molar-refractivity contribution in [3.05, 3.63) is 77.6 Å². The lowest BCUT2D eigenvalue weighted by atomic mass is 10.1. The van der Waals surface area contributed by atoms with Gasteiger partial charge in [0, 0.05) is 30.2 Å². The highest BCUT2D eigenvalue weighted by Crippen LogP contribution is 2.47. The van der Waals surface area contributed by atoms with Gasteiger partial charge in [0.05, 0.1) is 10.6 Å². The van der Waals surface area contributed by atoms with E-state index in [1.165, 1.54) is 36.4 Å². The molecule has 1 spiro atoms. The Morgan fingerprint density at radius 3 is 2.47 bits per heavy atom. The molecule has 0 atom stereocenters. The van der Waals surface area contributed by atoms with Gasteiger partial charge in [0.25, 0.3) is 21.7 Å². The lowest BCUT2D eigenvalue weighted by molar-refractivity contribution is -0.0716. The minimum absolute atomic E-state index is 0.152. The average molecular weight is 483 g/mol. The third kappa shape index (κ3) is 4.19. The summed E-state index contributed by atoms with van der Waals surface area (Å²) in [6, 6.07) is 14.8. The van der Waals surface area contributed by atoms with Crippen molar-refractivity contribution in [1.29, 1.82) is 0 Å². The van der Waals surface area contributed by atoms with Crippen molar-refractivity contribution in [3.8, 4) is 11.5 Å². The van der Waals surface area contributed by atoms with Crippen molar-refractivity contribution >= 4 is 27.3 Å². The fourth-order valence-corrected chi connectivity index (χ4v) is 5.34. The topological polar surface area (TPSA) is 93.7 Å². The zero-order chi connectivity index (χ0) is 23.9. The normalized spacial score (nSPS) is 15.9. The maximum absolute atomic E-state index is 13.9. The molecule has 7 nitrogen and oxygen atoms in total. The van der Waals surface area contributed by atoms with Crippen molar-refractivity contribution < 1.29 is 27.1 Å². The van der Waals surface area contributed by atoms with E-state index < -0.39 is 27.5 Å². The molecule has 2 aliphatic rings. The maximum Gasteiger partial charge on any atom is 0.262 e. The Bertz CT molecular complexity index is 1380. The van der Waals surface area contributed by atoms with Gasteiger partial charge in [0.1, 0.15) is 5.82 Å². The second-order valence-corrected chi connectivity index (χ2v) is 10.2. The third-order valence-corrected chi connectivity index (χ3v) is 7.40. The highest BCUT2D eigenvalue weighted by atomic mass is 32.2. The number of hydrogen-bond donors (Lipinski definition) is 2. The van der Waals surface area contributed by atoms with E-state index in [1.807, 2.05) is 0 Å². The van der Waals surface area contributed by atoms with Crippen LogP contribution in [0.3, 0.4) is 0 Å². The molecular formula is C25H23FN2O5S. The summed E-state index contributed by atoms with van der Waals surface area (Å²) in [5.74, 6) is -0.561. The van der Waals surface area contributed by atoms with E-state index in [1.54, 1.807) is 25.1 Å². The first-order chi connectivity index (χ1) is 16.2. The molecule has 1 amide bonds. The number of halogens is 1. The van der Waals surface area contributed by atoms with Gasteiger partial charge in [-0.05, 0) is 61.7 Å². The lowest BCUT2D eigenvalue weighted by Crippen LogP contribution is -2.34. The zero-order valence-corrected chi connectivity index (χ0v) is 19.2. The second kappa shape index (κ2) is 8.32. The monoisotopic (exact) mass is 482 g/mol. The quantitative estimate of drug-likeness (QED) is 0.520. The van der Waals surface area contributed by atoms with Crippen LogP contribution in [0.1, 0.15) is 41.6 Å². The molecule has 1 saturated carbocycles. The van der Waals surface area contributed by atoms with Crippen LogP contribution in [-0.4, -0.2) is 20.1 Å². The number of hydrogen-bond acceptors (Lipinski definition) is 5. The number of anilines is 2. The minimum Gasteiger partial charge on any atom is -0.448 e. The number of carbonyl (C=O) groups is 1. The van der Waals surface area contributed by atoms with Gasteiger partial charge >= 0.3 is 0 Å². The SMILES string of the molecule is Cc1ccc(S(=O)(=O)Nc2ccccc2F)cc1C(=O)Nc1ccc2c(c1)OC1(CCCC1)O2. The molecule has 3 aromatic rings. The Labute approximate surface area is 197 Å². The summed E-state index contributed by atoms with van der Waals surface area (Å²) in [4.78, 5) is 12.9. The van der Waals surface area contributed by atoms with E-state index in [2.05, 4.69) is 10.0 Å². The molecule has 1 heterocycles. The fourth-order valence-electron chi connectivity index (χ4n) is 4.25. The molecule has 34 heavy (non-hydrogen) atoms. The van der Waals surface area contributed by atoms with Gasteiger partial charge in [0.15, 0.2) is 11.5 Å². The van der Waals surface area contributed by atoms with Gasteiger partial charge in [0.2, 0.25) is 0 Å². The first-order valence-electron chi connectivity index (χ1n) is 11.0. The predicted molar refractivity (Wildman–Crippen MR) is 125 cm³/mol. The van der Waals surface area contributed by atoms with Crippen molar-refractivity contribution in [1.82, 2.24) is 0 Å². The summed E-state index contributed by atoms with van der Waals surface area (Å²) in [7, 11) is -4.11. The first-order valence-corrected chi connectivity index (χ1v) is 12.4. The third-order valence-electron chi connectivity index (χ3n) is 6.04. The lowest BCUT2D eigenvalue weighted by Gasteiger charge is -2.21. The van der Waals surface area contributed by atoms with Crippen LogP contribution in [-0.2, 0) is 10.0 Å². The number of rotatable bonds is 5. The first kappa shape index (κ1) is 22.2. The van der Waals surface area contributed by atoms with Crippen LogP contribution in [0.4, 0.5) is 15.8 Å². The average Bonchev–Trinajstić information content (AvgIpc) is 3.40. The number of aryl methyl sites for hydroxylation is 1. The number of carbonyl (C=O) groups excluding carboxylic acids is 1. The Morgan fingerprint density at radius 1 is 0.971 bits per heavy atom. The highest BCUT2D eigenvalue weighted by Gasteiger charge is 2.44. The van der Waals surface area contributed by atoms with Crippen molar-refractivity contribution in [3.63, 3.8) is 0 Å². The van der Waals surface area contributed by atoms with Crippen LogP contribution in [0, 0.1) is 12.7 Å². The number of benzene rings is 3. The Morgan fingerprint density at radius 2 is 1.71 bits per heavy atom. The number of nitrogens with one attached hydrogen (secondary N) is 2. The highest BCUT2D eigenvalue weighted by molar-refractivity contribution is 7.92. The molecule has 2 N–H and O–H groups in total. The van der Waals surface area contributed by atoms with Gasteiger partial charge in [-0.15, -0.1) is 0 Å². The summed E-state index contributed by atoms with van der Waals surface area (Å²) >= 11 is 0. The number of amides is 1. The van der Waals surface area contributed by atoms with Crippen LogP contribution in [0.15, 0.2) is 65.6 Å². The molecule has 0 saturated heterocycles. The number of ether oxygens (including phenoxy) is 2. The van der Waals surface area contributed by atoms with E-state index in [-0.39, 0.29) is 16.1 Å². The standard InChI is InChI=1S/C25H23FN2O5S/c1-16-8-10-18(34(30,31)28-21-7-3-2-6-20(21)26)15-19(16)24(29)27-17-9-11-22-23(14-17)33-25(32-22)12-4-5-13-25/h2-3,6-11,14-15,28H,4-5,12-13H2,1H3,(H,27,29). The van der Waals surface area contributed by atoms with Crippen LogP contribution < -0.4 is 19.5 Å². The molecule has 1 aliphatic carbocycles. The molecule has 5 rings (SSSR count). The van der Waals surface area contributed by atoms with Crippen molar-refractivity contribution in [2.45, 2.75) is 43.3 Å². The molecule has 0 unspecified atom stereocenters. The summed E-state index contributed by atoms with van der Waals surface area (Å²) in [5.41, 5.74) is 1.10. The van der Waals surface area contributed by atoms with Gasteiger partial charge in [-0.1, -0.05) is 18.2 Å². The summed E-state index contributed by atoms with van der Waals surface area (Å²) < 4.78 is 53.8. The molecule has 176 valence electrons. The smallest absolute Gasteiger partial charge is 0.262 e. The largest absolute Gasteiger partial charge is 0.448 e. The predicted octanol–water partition coefficient (Wildman–Crippen LogP) is 5.23. The van der Waals surface area contributed by atoms with Crippen molar-refractivity contribution in [2.75, 3.05) is 10.0 Å². The minimum atomic E-state index is -4.11. The molecule has 1 aliphatic heterocycles. The van der Waals surface area contributed by atoms with Gasteiger partial charge in [-0.3, -0.25) is 9.52 Å². The summed E-state index contributed by atoms with van der Waals surface area (Å²) in [6.45, 7) is 1.71. The number of fused-ring (bicyclic) bond motifs is 1. The Hall–Kier alpha value is -3.59. The van der Waals surface area contributed by atoms with Crippen LogP contribution >= 0.6 is 0 Å². The molecule has 0 radical (unpaired) electrons. The number of sulfonamides is 1. The number of para-hydroxylation sites is 1.